The second-order valence-corrected chi connectivity index (χ2v) is 7.06. The third kappa shape index (κ3) is 2.22. The molecule has 2 atom stereocenters. The number of likely N-dealkylation sites (N-methyl/N-ethyl adjacent to an activating group) is 1. The fourth-order valence-electron chi connectivity index (χ4n) is 2.97. The molecule has 0 unspecified atom stereocenters. The maximum absolute atomic E-state index is 12.9. The molecule has 2 aliphatic heterocycles. The van der Waals surface area contributed by atoms with Crippen molar-refractivity contribution in [2.75, 3.05) is 13.6 Å². The standard InChI is InChI=1S/C16H21N3O2S/c1-9(2)10(3)19-7-12-13(15(19)20)14(11-5-6-22-8-11)17-16(21)18(12)4/h5-6,8-10,14H,7H2,1-4H3,(H,17,21)/t10-,14+/m1/s1. The molecule has 118 valence electrons. The van der Waals surface area contributed by atoms with E-state index < -0.39 is 0 Å². The Kier molecular flexibility index (Phi) is 3.72. The molecular weight excluding hydrogens is 298 g/mol. The largest absolute Gasteiger partial charge is 0.330 e. The molecule has 1 N–H and O–H groups in total. The van der Waals surface area contributed by atoms with Crippen LogP contribution in [0.25, 0.3) is 0 Å². The van der Waals surface area contributed by atoms with E-state index in [4.69, 9.17) is 0 Å². The topological polar surface area (TPSA) is 52.7 Å². The lowest BCUT2D eigenvalue weighted by molar-refractivity contribution is -0.128. The van der Waals surface area contributed by atoms with Crippen LogP contribution in [0.15, 0.2) is 28.1 Å². The van der Waals surface area contributed by atoms with Gasteiger partial charge in [-0.25, -0.2) is 4.79 Å². The van der Waals surface area contributed by atoms with Gasteiger partial charge in [0.15, 0.2) is 0 Å². The van der Waals surface area contributed by atoms with Gasteiger partial charge in [0.2, 0.25) is 0 Å². The number of urea groups is 1. The highest BCUT2D eigenvalue weighted by atomic mass is 32.1. The molecule has 1 aromatic heterocycles. The zero-order chi connectivity index (χ0) is 16.0. The van der Waals surface area contributed by atoms with E-state index in [1.54, 1.807) is 23.3 Å². The number of amides is 3. The molecule has 3 rings (SSSR count). The van der Waals surface area contributed by atoms with Crippen molar-refractivity contribution >= 4 is 23.3 Å². The lowest BCUT2D eigenvalue weighted by atomic mass is 9.98. The number of thiophene rings is 1. The summed E-state index contributed by atoms with van der Waals surface area (Å²) in [7, 11) is 1.73. The van der Waals surface area contributed by atoms with E-state index in [1.165, 1.54) is 0 Å². The van der Waals surface area contributed by atoms with Gasteiger partial charge >= 0.3 is 6.03 Å². The van der Waals surface area contributed by atoms with Crippen molar-refractivity contribution in [2.24, 2.45) is 5.92 Å². The van der Waals surface area contributed by atoms with Crippen molar-refractivity contribution in [3.05, 3.63) is 33.7 Å². The molecule has 3 heterocycles. The van der Waals surface area contributed by atoms with Crippen molar-refractivity contribution in [3.8, 4) is 0 Å². The zero-order valence-corrected chi connectivity index (χ0v) is 14.1. The van der Waals surface area contributed by atoms with E-state index in [-0.39, 0.29) is 24.0 Å². The Morgan fingerprint density at radius 1 is 1.32 bits per heavy atom. The third-order valence-electron chi connectivity index (χ3n) is 4.72. The molecular formula is C16H21N3O2S. The van der Waals surface area contributed by atoms with Crippen LogP contribution >= 0.6 is 11.3 Å². The van der Waals surface area contributed by atoms with Gasteiger partial charge in [-0.3, -0.25) is 9.69 Å². The molecule has 22 heavy (non-hydrogen) atoms. The van der Waals surface area contributed by atoms with Gasteiger partial charge in [-0.1, -0.05) is 13.8 Å². The molecule has 6 heteroatoms. The first kappa shape index (κ1) is 15.1. The summed E-state index contributed by atoms with van der Waals surface area (Å²) in [6.07, 6.45) is 0. The molecule has 0 saturated carbocycles. The van der Waals surface area contributed by atoms with E-state index in [0.717, 1.165) is 11.3 Å². The van der Waals surface area contributed by atoms with Crippen LogP contribution in [0.1, 0.15) is 32.4 Å². The lowest BCUT2D eigenvalue weighted by Gasteiger charge is -2.30. The SMILES string of the molecule is CC(C)[C@@H](C)N1CC2=C(C1=O)[C@H](c1ccsc1)NC(=O)N2C. The van der Waals surface area contributed by atoms with Gasteiger partial charge in [0.25, 0.3) is 5.91 Å². The minimum Gasteiger partial charge on any atom is -0.330 e. The monoisotopic (exact) mass is 319 g/mol. The second-order valence-electron chi connectivity index (χ2n) is 6.28. The van der Waals surface area contributed by atoms with E-state index in [9.17, 15) is 9.59 Å². The van der Waals surface area contributed by atoms with E-state index in [0.29, 0.717) is 18.0 Å². The second kappa shape index (κ2) is 5.43. The Morgan fingerprint density at radius 3 is 2.64 bits per heavy atom. The highest BCUT2D eigenvalue weighted by molar-refractivity contribution is 7.08. The summed E-state index contributed by atoms with van der Waals surface area (Å²) in [6.45, 7) is 6.80. The van der Waals surface area contributed by atoms with E-state index >= 15 is 0 Å². The molecule has 0 saturated heterocycles. The van der Waals surface area contributed by atoms with Crippen molar-refractivity contribution in [1.29, 1.82) is 0 Å². The minimum absolute atomic E-state index is 0.0410. The van der Waals surface area contributed by atoms with Gasteiger partial charge in [0, 0.05) is 13.1 Å². The summed E-state index contributed by atoms with van der Waals surface area (Å²) >= 11 is 1.57. The van der Waals surface area contributed by atoms with Crippen LogP contribution in [0.3, 0.4) is 0 Å². The molecule has 0 aliphatic carbocycles. The van der Waals surface area contributed by atoms with Crippen molar-refractivity contribution in [2.45, 2.75) is 32.9 Å². The number of hydrogen-bond donors (Lipinski definition) is 1. The van der Waals surface area contributed by atoms with Crippen molar-refractivity contribution in [3.63, 3.8) is 0 Å². The summed E-state index contributed by atoms with van der Waals surface area (Å²) in [4.78, 5) is 28.6. The fraction of sp³-hybridized carbons (Fsp3) is 0.500. The van der Waals surface area contributed by atoms with Crippen LogP contribution < -0.4 is 5.32 Å². The quantitative estimate of drug-likeness (QED) is 0.931. The maximum Gasteiger partial charge on any atom is 0.322 e. The summed E-state index contributed by atoms with van der Waals surface area (Å²) in [5.41, 5.74) is 2.52. The zero-order valence-electron chi connectivity index (χ0n) is 13.3. The predicted octanol–water partition coefficient (Wildman–Crippen LogP) is 2.59. The van der Waals surface area contributed by atoms with Crippen molar-refractivity contribution < 1.29 is 9.59 Å². The predicted molar refractivity (Wildman–Crippen MR) is 86.4 cm³/mol. The Hall–Kier alpha value is -1.82. The number of nitrogens with zero attached hydrogens (tertiary/aromatic N) is 2. The Balaban J connectivity index is 2.00. The van der Waals surface area contributed by atoms with Crippen LogP contribution in [0.4, 0.5) is 4.79 Å². The molecule has 0 bridgehead atoms. The van der Waals surface area contributed by atoms with Gasteiger partial charge < -0.3 is 10.2 Å². The first-order chi connectivity index (χ1) is 10.4. The van der Waals surface area contributed by atoms with Gasteiger partial charge in [0.05, 0.1) is 23.9 Å². The first-order valence-electron chi connectivity index (χ1n) is 7.52. The normalized spacial score (nSPS) is 23.2. The van der Waals surface area contributed by atoms with Crippen LogP contribution in [-0.4, -0.2) is 41.4 Å². The number of carbonyl (C=O) groups is 2. The first-order valence-corrected chi connectivity index (χ1v) is 8.46. The summed E-state index contributed by atoms with van der Waals surface area (Å²) in [6, 6.07) is 1.63. The molecule has 5 nitrogen and oxygen atoms in total. The fourth-order valence-corrected chi connectivity index (χ4v) is 3.65. The maximum atomic E-state index is 12.9. The van der Waals surface area contributed by atoms with Crippen LogP contribution in [0, 0.1) is 5.92 Å². The van der Waals surface area contributed by atoms with Crippen LogP contribution in [-0.2, 0) is 4.79 Å². The van der Waals surface area contributed by atoms with Gasteiger partial charge in [-0.15, -0.1) is 0 Å². The van der Waals surface area contributed by atoms with Crippen LogP contribution in [0.2, 0.25) is 0 Å². The molecule has 0 spiro atoms. The van der Waals surface area contributed by atoms with Gasteiger partial charge in [-0.2, -0.15) is 11.3 Å². The molecule has 0 radical (unpaired) electrons. The van der Waals surface area contributed by atoms with Crippen LogP contribution in [0.5, 0.6) is 0 Å². The Labute approximate surface area is 134 Å². The number of rotatable bonds is 3. The van der Waals surface area contributed by atoms with Gasteiger partial charge in [-0.05, 0) is 35.2 Å². The number of hydrogen-bond acceptors (Lipinski definition) is 3. The molecule has 0 fully saturated rings. The van der Waals surface area contributed by atoms with Gasteiger partial charge in [0.1, 0.15) is 0 Å². The molecule has 0 aromatic carbocycles. The summed E-state index contributed by atoms with van der Waals surface area (Å²) in [5.74, 6) is 0.415. The van der Waals surface area contributed by atoms with Crippen molar-refractivity contribution in [1.82, 2.24) is 15.1 Å². The highest BCUT2D eigenvalue weighted by Gasteiger charge is 2.44. The highest BCUT2D eigenvalue weighted by Crippen LogP contribution is 2.37. The van der Waals surface area contributed by atoms with E-state index in [1.807, 2.05) is 21.7 Å². The molecule has 3 amide bonds. The van der Waals surface area contributed by atoms with E-state index in [2.05, 4.69) is 26.1 Å². The minimum atomic E-state index is -0.332. The average Bonchev–Trinajstić information content (AvgIpc) is 3.10. The summed E-state index contributed by atoms with van der Waals surface area (Å²) in [5, 5.41) is 6.90. The molecule has 2 aliphatic rings. The third-order valence-corrected chi connectivity index (χ3v) is 5.42. The number of carbonyl (C=O) groups excluding carboxylic acids is 2. The smallest absolute Gasteiger partial charge is 0.322 e. The Morgan fingerprint density at radius 2 is 2.05 bits per heavy atom. The number of nitrogens with one attached hydrogen (secondary N) is 1. The summed E-state index contributed by atoms with van der Waals surface area (Å²) < 4.78 is 0. The average molecular weight is 319 g/mol. The molecule has 1 aromatic rings. The lowest BCUT2D eigenvalue weighted by Crippen LogP contribution is -2.45. The Bertz CT molecular complexity index is 636.